The molecule has 0 bridgehead atoms. The Morgan fingerprint density at radius 3 is 2.41 bits per heavy atom. The van der Waals surface area contributed by atoms with Gasteiger partial charge in [-0.15, -0.1) is 10.2 Å². The average molecular weight is 486 g/mol. The zero-order chi connectivity index (χ0) is 22.5. The normalized spacial score (nSPS) is 11.5. The van der Waals surface area contributed by atoms with Crippen LogP contribution in [-0.2, 0) is 4.79 Å². The lowest BCUT2D eigenvalue weighted by Crippen LogP contribution is -2.21. The van der Waals surface area contributed by atoms with E-state index in [0.717, 1.165) is 11.3 Å². The van der Waals surface area contributed by atoms with E-state index >= 15 is 0 Å². The summed E-state index contributed by atoms with van der Waals surface area (Å²) < 4.78 is 7.13. The number of carbonyl (C=O) groups is 1. The van der Waals surface area contributed by atoms with Gasteiger partial charge in [0, 0.05) is 21.3 Å². The molecule has 4 aromatic rings. The standard InChI is InChI=1S/C22H17Cl2N5O2S/c1-14(19-3-2-12-31-19)25-26-20(30)13-32-22-28-27-21(15-4-6-16(23)7-5-15)29(22)18-10-8-17(24)9-11-18/h2-12H,13H2,1H3,(H,26,30). The number of thioether (sulfide) groups is 1. The molecule has 0 spiro atoms. The number of nitrogens with one attached hydrogen (secondary N) is 1. The van der Waals surface area contributed by atoms with Crippen molar-refractivity contribution in [3.63, 3.8) is 0 Å². The molecule has 0 aliphatic rings. The maximum Gasteiger partial charge on any atom is 0.250 e. The molecule has 10 heteroatoms. The summed E-state index contributed by atoms with van der Waals surface area (Å²) in [5, 5.41) is 14.5. The van der Waals surface area contributed by atoms with E-state index in [2.05, 4.69) is 20.7 Å². The number of rotatable bonds is 7. The number of nitrogens with zero attached hydrogens (tertiary/aromatic N) is 4. The summed E-state index contributed by atoms with van der Waals surface area (Å²) in [4.78, 5) is 12.3. The average Bonchev–Trinajstić information content (AvgIpc) is 3.48. The zero-order valence-corrected chi connectivity index (χ0v) is 19.2. The lowest BCUT2D eigenvalue weighted by molar-refractivity contribution is -0.118. The van der Waals surface area contributed by atoms with Gasteiger partial charge in [-0.25, -0.2) is 5.43 Å². The predicted octanol–water partition coefficient (Wildman–Crippen LogP) is 5.47. The number of furan rings is 1. The van der Waals surface area contributed by atoms with Crippen LogP contribution in [0, 0.1) is 0 Å². The SMILES string of the molecule is CC(=NNC(=O)CSc1nnc(-c2ccc(Cl)cc2)n1-c1ccc(Cl)cc1)c1ccco1. The fraction of sp³-hybridized carbons (Fsp3) is 0.0909. The third-order valence-corrected chi connectivity index (χ3v) is 5.81. The lowest BCUT2D eigenvalue weighted by atomic mass is 10.2. The highest BCUT2D eigenvalue weighted by Gasteiger charge is 2.17. The van der Waals surface area contributed by atoms with Crippen molar-refractivity contribution in [3.05, 3.63) is 82.7 Å². The molecule has 0 saturated carbocycles. The summed E-state index contributed by atoms with van der Waals surface area (Å²) in [7, 11) is 0. The van der Waals surface area contributed by atoms with Gasteiger partial charge >= 0.3 is 0 Å². The number of carbonyl (C=O) groups excluding carboxylic acids is 1. The first-order valence-corrected chi connectivity index (χ1v) is 11.2. The van der Waals surface area contributed by atoms with Crippen molar-refractivity contribution >= 4 is 46.6 Å². The highest BCUT2D eigenvalue weighted by Crippen LogP contribution is 2.29. The number of hydrazone groups is 1. The van der Waals surface area contributed by atoms with Crippen LogP contribution in [0.3, 0.4) is 0 Å². The third-order valence-electron chi connectivity index (χ3n) is 4.38. The molecule has 7 nitrogen and oxygen atoms in total. The Labute approximate surface area is 198 Å². The van der Waals surface area contributed by atoms with Crippen LogP contribution in [-0.4, -0.2) is 32.1 Å². The van der Waals surface area contributed by atoms with Crippen LogP contribution in [0.25, 0.3) is 17.1 Å². The Morgan fingerprint density at radius 1 is 1.06 bits per heavy atom. The van der Waals surface area contributed by atoms with Crippen molar-refractivity contribution < 1.29 is 9.21 Å². The number of hydrogen-bond donors (Lipinski definition) is 1. The van der Waals surface area contributed by atoms with E-state index in [4.69, 9.17) is 27.6 Å². The Balaban J connectivity index is 1.55. The van der Waals surface area contributed by atoms with Crippen LogP contribution in [0.1, 0.15) is 12.7 Å². The van der Waals surface area contributed by atoms with Crippen LogP contribution >= 0.6 is 35.0 Å². The third kappa shape index (κ3) is 5.21. The molecule has 0 radical (unpaired) electrons. The van der Waals surface area contributed by atoms with E-state index in [1.54, 1.807) is 49.6 Å². The van der Waals surface area contributed by atoms with Gasteiger partial charge in [0.25, 0.3) is 5.91 Å². The van der Waals surface area contributed by atoms with Gasteiger partial charge < -0.3 is 4.42 Å². The van der Waals surface area contributed by atoms with E-state index in [9.17, 15) is 4.79 Å². The van der Waals surface area contributed by atoms with Gasteiger partial charge in [-0.05, 0) is 67.6 Å². The highest BCUT2D eigenvalue weighted by atomic mass is 35.5. The monoisotopic (exact) mass is 485 g/mol. The predicted molar refractivity (Wildman–Crippen MR) is 127 cm³/mol. The molecule has 162 valence electrons. The Morgan fingerprint density at radius 2 is 1.75 bits per heavy atom. The molecule has 2 aromatic carbocycles. The summed E-state index contributed by atoms with van der Waals surface area (Å²) in [6, 6.07) is 18.2. The summed E-state index contributed by atoms with van der Waals surface area (Å²) >= 11 is 13.3. The van der Waals surface area contributed by atoms with Crippen LogP contribution in [0.2, 0.25) is 10.0 Å². The number of aromatic nitrogens is 3. The molecular weight excluding hydrogens is 469 g/mol. The highest BCUT2D eigenvalue weighted by molar-refractivity contribution is 7.99. The fourth-order valence-electron chi connectivity index (χ4n) is 2.82. The lowest BCUT2D eigenvalue weighted by Gasteiger charge is -2.10. The number of amides is 1. The smallest absolute Gasteiger partial charge is 0.250 e. The minimum atomic E-state index is -0.278. The van der Waals surface area contributed by atoms with Crippen LogP contribution in [0.15, 0.2) is 81.6 Å². The fourth-order valence-corrected chi connectivity index (χ4v) is 3.82. The molecule has 0 aliphatic carbocycles. The van der Waals surface area contributed by atoms with Crippen molar-refractivity contribution in [2.45, 2.75) is 12.1 Å². The summed E-state index contributed by atoms with van der Waals surface area (Å²) in [6.45, 7) is 1.75. The molecule has 0 aliphatic heterocycles. The topological polar surface area (TPSA) is 85.3 Å². The molecular formula is C22H17Cl2N5O2S. The molecule has 1 N–H and O–H groups in total. The van der Waals surface area contributed by atoms with E-state index in [0.29, 0.717) is 32.5 Å². The largest absolute Gasteiger partial charge is 0.463 e. The number of benzene rings is 2. The van der Waals surface area contributed by atoms with Crippen LogP contribution < -0.4 is 5.43 Å². The van der Waals surface area contributed by atoms with E-state index in [-0.39, 0.29) is 11.7 Å². The van der Waals surface area contributed by atoms with Gasteiger partial charge in [0.15, 0.2) is 11.0 Å². The zero-order valence-electron chi connectivity index (χ0n) is 16.8. The molecule has 4 rings (SSSR count). The van der Waals surface area contributed by atoms with Gasteiger partial charge in [-0.2, -0.15) is 5.10 Å². The second kappa shape index (κ2) is 10.0. The number of halogens is 2. The van der Waals surface area contributed by atoms with Gasteiger partial charge in [0.2, 0.25) is 0 Å². The van der Waals surface area contributed by atoms with Crippen LogP contribution in [0.4, 0.5) is 0 Å². The summed E-state index contributed by atoms with van der Waals surface area (Å²) in [6.07, 6.45) is 1.55. The van der Waals surface area contributed by atoms with Crippen molar-refractivity contribution in [1.82, 2.24) is 20.2 Å². The first-order valence-electron chi connectivity index (χ1n) is 9.48. The van der Waals surface area contributed by atoms with Gasteiger partial charge in [0.1, 0.15) is 11.5 Å². The molecule has 0 atom stereocenters. The van der Waals surface area contributed by atoms with Crippen LogP contribution in [0.5, 0.6) is 0 Å². The number of hydrogen-bond acceptors (Lipinski definition) is 6. The molecule has 2 heterocycles. The first kappa shape index (κ1) is 22.1. The molecule has 1 amide bonds. The Hall–Kier alpha value is -3.07. The van der Waals surface area contributed by atoms with Crippen molar-refractivity contribution in [1.29, 1.82) is 0 Å². The minimum absolute atomic E-state index is 0.0985. The summed E-state index contributed by atoms with van der Waals surface area (Å²) in [5.74, 6) is 1.03. The van der Waals surface area contributed by atoms with Gasteiger partial charge in [0.05, 0.1) is 12.0 Å². The van der Waals surface area contributed by atoms with Gasteiger partial charge in [-0.1, -0.05) is 35.0 Å². The molecule has 2 aromatic heterocycles. The molecule has 32 heavy (non-hydrogen) atoms. The molecule has 0 unspecified atom stereocenters. The quantitative estimate of drug-likeness (QED) is 0.213. The van der Waals surface area contributed by atoms with Crippen molar-refractivity contribution in [3.8, 4) is 17.1 Å². The van der Waals surface area contributed by atoms with Gasteiger partial charge in [-0.3, -0.25) is 9.36 Å². The Kier molecular flexibility index (Phi) is 6.94. The van der Waals surface area contributed by atoms with Crippen molar-refractivity contribution in [2.75, 3.05) is 5.75 Å². The summed E-state index contributed by atoms with van der Waals surface area (Å²) in [5.41, 5.74) is 4.76. The maximum absolute atomic E-state index is 12.3. The maximum atomic E-state index is 12.3. The van der Waals surface area contributed by atoms with E-state index in [1.807, 2.05) is 28.8 Å². The Bertz CT molecular complexity index is 1240. The molecule has 0 fully saturated rings. The minimum Gasteiger partial charge on any atom is -0.463 e. The first-order chi connectivity index (χ1) is 15.5. The second-order valence-corrected chi connectivity index (χ2v) is 8.44. The van der Waals surface area contributed by atoms with E-state index in [1.165, 1.54) is 11.8 Å². The second-order valence-electron chi connectivity index (χ2n) is 6.62. The molecule has 0 saturated heterocycles. The van der Waals surface area contributed by atoms with Crippen molar-refractivity contribution in [2.24, 2.45) is 5.10 Å². The van der Waals surface area contributed by atoms with E-state index < -0.39 is 0 Å².